The first-order chi connectivity index (χ1) is 10.1. The Morgan fingerprint density at radius 2 is 1.81 bits per heavy atom. The van der Waals surface area contributed by atoms with Crippen molar-refractivity contribution in [1.82, 2.24) is 5.32 Å². The molecule has 1 fully saturated rings. The number of halogens is 3. The van der Waals surface area contributed by atoms with Crippen LogP contribution in [0.1, 0.15) is 24.8 Å². The van der Waals surface area contributed by atoms with Gasteiger partial charge in [-0.2, -0.15) is 13.2 Å². The van der Waals surface area contributed by atoms with Crippen LogP contribution in [-0.4, -0.2) is 32.3 Å². The molecule has 1 saturated heterocycles. The third-order valence-electron chi connectivity index (χ3n) is 3.50. The minimum atomic E-state index is -4.28. The van der Waals surface area contributed by atoms with Gasteiger partial charge in [-0.05, 0) is 56.6 Å². The molecule has 3 nitrogen and oxygen atoms in total. The Bertz CT molecular complexity index is 414. The van der Waals surface area contributed by atoms with Gasteiger partial charge < -0.3 is 15.4 Å². The van der Waals surface area contributed by atoms with Gasteiger partial charge in [0, 0.05) is 18.8 Å². The number of ether oxygens (including phenoxy) is 1. The zero-order valence-electron chi connectivity index (χ0n) is 11.9. The second kappa shape index (κ2) is 7.66. The number of hydrogen-bond donors (Lipinski definition) is 2. The van der Waals surface area contributed by atoms with Crippen LogP contribution in [0.2, 0.25) is 0 Å². The fraction of sp³-hybridized carbons (Fsp3) is 0.600. The Balaban J connectivity index is 1.62. The van der Waals surface area contributed by atoms with Gasteiger partial charge in [-0.15, -0.1) is 0 Å². The van der Waals surface area contributed by atoms with E-state index >= 15 is 0 Å². The second-order valence-corrected chi connectivity index (χ2v) is 5.18. The summed E-state index contributed by atoms with van der Waals surface area (Å²) in [6, 6.07) is 5.09. The van der Waals surface area contributed by atoms with Crippen LogP contribution in [0.15, 0.2) is 24.3 Å². The summed E-state index contributed by atoms with van der Waals surface area (Å²) in [7, 11) is 0. The molecule has 1 heterocycles. The quantitative estimate of drug-likeness (QED) is 0.791. The summed E-state index contributed by atoms with van der Waals surface area (Å²) >= 11 is 0. The van der Waals surface area contributed by atoms with Crippen molar-refractivity contribution in [3.63, 3.8) is 0 Å². The maximum absolute atomic E-state index is 12.4. The predicted molar refractivity (Wildman–Crippen MR) is 76.4 cm³/mol. The molecule has 1 aromatic rings. The van der Waals surface area contributed by atoms with E-state index in [1.807, 2.05) is 0 Å². The molecular weight excluding hydrogens is 281 g/mol. The van der Waals surface area contributed by atoms with Crippen LogP contribution in [0.5, 0.6) is 0 Å². The standard InChI is InChI=1S/C15H21F3N2O/c16-15(17,18)12-2-4-13(5-3-12)20-8-1-11-21-14-6-9-19-10-7-14/h2-5,14,19-20H,1,6-11H2. The molecule has 0 amide bonds. The van der Waals surface area contributed by atoms with Crippen LogP contribution >= 0.6 is 0 Å². The Kier molecular flexibility index (Phi) is 5.87. The molecule has 0 radical (unpaired) electrons. The molecule has 6 heteroatoms. The van der Waals surface area contributed by atoms with E-state index in [-0.39, 0.29) is 0 Å². The van der Waals surface area contributed by atoms with Crippen molar-refractivity contribution in [1.29, 1.82) is 0 Å². The van der Waals surface area contributed by atoms with E-state index in [4.69, 9.17) is 4.74 Å². The van der Waals surface area contributed by atoms with Gasteiger partial charge in [0.25, 0.3) is 0 Å². The number of benzene rings is 1. The van der Waals surface area contributed by atoms with Crippen molar-refractivity contribution < 1.29 is 17.9 Å². The first kappa shape index (κ1) is 16.1. The maximum atomic E-state index is 12.4. The number of rotatable bonds is 6. The number of hydrogen-bond acceptors (Lipinski definition) is 3. The van der Waals surface area contributed by atoms with Gasteiger partial charge in [-0.1, -0.05) is 0 Å². The summed E-state index contributed by atoms with van der Waals surface area (Å²) in [6.45, 7) is 3.39. The SMILES string of the molecule is FC(F)(F)c1ccc(NCCCOC2CCNCC2)cc1. The summed E-state index contributed by atoms with van der Waals surface area (Å²) in [5, 5.41) is 6.38. The summed E-state index contributed by atoms with van der Waals surface area (Å²) in [5.74, 6) is 0. The van der Waals surface area contributed by atoms with Crippen molar-refractivity contribution >= 4 is 5.69 Å². The fourth-order valence-corrected chi connectivity index (χ4v) is 2.29. The van der Waals surface area contributed by atoms with Gasteiger partial charge in [0.15, 0.2) is 0 Å². The lowest BCUT2D eigenvalue weighted by atomic mass is 10.1. The highest BCUT2D eigenvalue weighted by atomic mass is 19.4. The molecule has 0 unspecified atom stereocenters. The minimum absolute atomic E-state index is 0.345. The highest BCUT2D eigenvalue weighted by Crippen LogP contribution is 2.29. The van der Waals surface area contributed by atoms with Gasteiger partial charge in [0.05, 0.1) is 11.7 Å². The van der Waals surface area contributed by atoms with Crippen molar-refractivity contribution in [3.8, 4) is 0 Å². The maximum Gasteiger partial charge on any atom is 0.416 e. The highest BCUT2D eigenvalue weighted by Gasteiger charge is 2.29. The molecule has 2 N–H and O–H groups in total. The number of piperidine rings is 1. The molecule has 0 aromatic heterocycles. The molecule has 0 aliphatic carbocycles. The Labute approximate surface area is 122 Å². The Morgan fingerprint density at radius 1 is 1.14 bits per heavy atom. The zero-order valence-corrected chi connectivity index (χ0v) is 11.9. The molecular formula is C15H21F3N2O. The average Bonchev–Trinajstić information content (AvgIpc) is 2.47. The Hall–Kier alpha value is -1.27. The molecule has 0 atom stereocenters. The van der Waals surface area contributed by atoms with Crippen molar-refractivity contribution in [2.75, 3.05) is 31.6 Å². The molecule has 21 heavy (non-hydrogen) atoms. The molecule has 2 rings (SSSR count). The molecule has 0 saturated carbocycles. The lowest BCUT2D eigenvalue weighted by molar-refractivity contribution is -0.137. The van der Waals surface area contributed by atoms with Crippen molar-refractivity contribution in [2.45, 2.75) is 31.5 Å². The lowest BCUT2D eigenvalue weighted by Gasteiger charge is -2.22. The number of nitrogens with one attached hydrogen (secondary N) is 2. The minimum Gasteiger partial charge on any atom is -0.385 e. The highest BCUT2D eigenvalue weighted by molar-refractivity contribution is 5.44. The van der Waals surface area contributed by atoms with Crippen LogP contribution < -0.4 is 10.6 Å². The van der Waals surface area contributed by atoms with Gasteiger partial charge in [-0.25, -0.2) is 0 Å². The topological polar surface area (TPSA) is 33.3 Å². The summed E-state index contributed by atoms with van der Waals surface area (Å²) in [6.07, 6.45) is -0.998. The van der Waals surface area contributed by atoms with Gasteiger partial charge in [-0.3, -0.25) is 0 Å². The summed E-state index contributed by atoms with van der Waals surface area (Å²) in [5.41, 5.74) is 0.0761. The summed E-state index contributed by atoms with van der Waals surface area (Å²) < 4.78 is 43.0. The van der Waals surface area contributed by atoms with E-state index in [2.05, 4.69) is 10.6 Å². The van der Waals surface area contributed by atoms with Gasteiger partial charge in [0.1, 0.15) is 0 Å². The monoisotopic (exact) mass is 302 g/mol. The number of anilines is 1. The molecule has 118 valence electrons. The molecule has 0 spiro atoms. The van der Waals surface area contributed by atoms with Crippen LogP contribution in [0.3, 0.4) is 0 Å². The molecule has 0 bridgehead atoms. The average molecular weight is 302 g/mol. The van der Waals surface area contributed by atoms with Crippen LogP contribution in [0.4, 0.5) is 18.9 Å². The van der Waals surface area contributed by atoms with Gasteiger partial charge in [0.2, 0.25) is 0 Å². The molecule has 1 aliphatic rings. The summed E-state index contributed by atoms with van der Waals surface area (Å²) in [4.78, 5) is 0. The fourth-order valence-electron chi connectivity index (χ4n) is 2.29. The molecule has 1 aromatic carbocycles. The van der Waals surface area contributed by atoms with E-state index in [9.17, 15) is 13.2 Å². The largest absolute Gasteiger partial charge is 0.416 e. The molecule has 1 aliphatic heterocycles. The number of alkyl halides is 3. The van der Waals surface area contributed by atoms with Crippen LogP contribution in [0, 0.1) is 0 Å². The smallest absolute Gasteiger partial charge is 0.385 e. The lowest BCUT2D eigenvalue weighted by Crippen LogP contribution is -2.32. The second-order valence-electron chi connectivity index (χ2n) is 5.18. The van der Waals surface area contributed by atoms with E-state index < -0.39 is 11.7 Å². The van der Waals surface area contributed by atoms with Crippen LogP contribution in [-0.2, 0) is 10.9 Å². The third kappa shape index (κ3) is 5.55. The van der Waals surface area contributed by atoms with Crippen molar-refractivity contribution in [2.24, 2.45) is 0 Å². The van der Waals surface area contributed by atoms with E-state index in [1.54, 1.807) is 0 Å². The third-order valence-corrected chi connectivity index (χ3v) is 3.50. The predicted octanol–water partition coefficient (Wildman–Crippen LogP) is 3.28. The van der Waals surface area contributed by atoms with E-state index in [0.717, 1.165) is 44.5 Å². The van der Waals surface area contributed by atoms with Crippen LogP contribution in [0.25, 0.3) is 0 Å². The zero-order chi connectivity index (χ0) is 15.1. The Morgan fingerprint density at radius 3 is 2.43 bits per heavy atom. The first-order valence-electron chi connectivity index (χ1n) is 7.29. The van der Waals surface area contributed by atoms with E-state index in [0.29, 0.717) is 24.9 Å². The normalized spacial score (nSPS) is 16.9. The van der Waals surface area contributed by atoms with Gasteiger partial charge >= 0.3 is 6.18 Å². The first-order valence-corrected chi connectivity index (χ1v) is 7.29. The van der Waals surface area contributed by atoms with Crippen molar-refractivity contribution in [3.05, 3.63) is 29.8 Å². The van der Waals surface area contributed by atoms with E-state index in [1.165, 1.54) is 12.1 Å².